The normalized spacial score (nSPS) is 12.4. The molecule has 0 aliphatic rings. The Balaban J connectivity index is 0.000000251. The molecule has 0 aliphatic carbocycles. The van der Waals surface area contributed by atoms with Crippen LogP contribution in [0.5, 0.6) is 0 Å². The molecule has 25 heavy (non-hydrogen) atoms. The minimum atomic E-state index is -0.991. The highest BCUT2D eigenvalue weighted by molar-refractivity contribution is 6.30. The molecule has 0 aliphatic heterocycles. The predicted molar refractivity (Wildman–Crippen MR) is 96.5 cm³/mol. The lowest BCUT2D eigenvalue weighted by Gasteiger charge is -2.05. The van der Waals surface area contributed by atoms with Crippen LogP contribution in [0.3, 0.4) is 0 Å². The second kappa shape index (κ2) is 10.5. The summed E-state index contributed by atoms with van der Waals surface area (Å²) >= 11 is 5.66. The van der Waals surface area contributed by atoms with Gasteiger partial charge < -0.3 is 21.7 Å². The van der Waals surface area contributed by atoms with Crippen LogP contribution in [0.2, 0.25) is 5.02 Å². The van der Waals surface area contributed by atoms with Crippen molar-refractivity contribution in [1.82, 2.24) is 0 Å². The predicted octanol–water partition coefficient (Wildman–Crippen LogP) is 1.94. The average Bonchev–Trinajstić information content (AvgIpc) is 2.58. The standard InChI is InChI=1S/C9H10ClNO2.C9H11NO2/c10-7-3-1-6(2-4-7)5-8(11)9(12)13;10-8(9(11)12)6-7-4-2-1-3-5-7/h1-4,8H,5,11H2,(H,12,13);1-5,8H,6,10H2,(H,11,12)/t2*8-/m00/s1. The molecule has 0 radical (unpaired) electrons. The average molecular weight is 365 g/mol. The van der Waals surface area contributed by atoms with E-state index in [1.54, 1.807) is 24.3 Å². The van der Waals surface area contributed by atoms with E-state index < -0.39 is 24.0 Å². The molecule has 2 rings (SSSR count). The fourth-order valence-electron chi connectivity index (χ4n) is 1.92. The highest BCUT2D eigenvalue weighted by Crippen LogP contribution is 2.10. The third kappa shape index (κ3) is 8.30. The smallest absolute Gasteiger partial charge is 0.320 e. The van der Waals surface area contributed by atoms with Crippen LogP contribution in [0, 0.1) is 0 Å². The van der Waals surface area contributed by atoms with E-state index in [0.717, 1.165) is 11.1 Å². The van der Waals surface area contributed by atoms with E-state index >= 15 is 0 Å². The number of aliphatic carboxylic acids is 2. The van der Waals surface area contributed by atoms with E-state index in [0.29, 0.717) is 17.9 Å². The molecule has 6 nitrogen and oxygen atoms in total. The van der Waals surface area contributed by atoms with Crippen molar-refractivity contribution in [2.75, 3.05) is 0 Å². The van der Waals surface area contributed by atoms with Gasteiger partial charge in [0.2, 0.25) is 0 Å². The van der Waals surface area contributed by atoms with Gasteiger partial charge in [-0.2, -0.15) is 0 Å². The summed E-state index contributed by atoms with van der Waals surface area (Å²) < 4.78 is 0. The van der Waals surface area contributed by atoms with Gasteiger partial charge in [-0.3, -0.25) is 9.59 Å². The summed E-state index contributed by atoms with van der Waals surface area (Å²) in [6.45, 7) is 0. The van der Waals surface area contributed by atoms with Crippen LogP contribution in [0.4, 0.5) is 0 Å². The maximum Gasteiger partial charge on any atom is 0.320 e. The van der Waals surface area contributed by atoms with E-state index in [2.05, 4.69) is 0 Å². The molecular formula is C18H21ClN2O4. The highest BCUT2D eigenvalue weighted by Gasteiger charge is 2.11. The third-order valence-electron chi connectivity index (χ3n) is 3.30. The summed E-state index contributed by atoms with van der Waals surface area (Å²) in [5.74, 6) is -1.95. The summed E-state index contributed by atoms with van der Waals surface area (Å²) in [5.41, 5.74) is 12.5. The molecule has 134 valence electrons. The van der Waals surface area contributed by atoms with Crippen molar-refractivity contribution in [3.05, 3.63) is 70.7 Å². The molecule has 2 aromatic carbocycles. The van der Waals surface area contributed by atoms with Crippen LogP contribution in [0.1, 0.15) is 11.1 Å². The monoisotopic (exact) mass is 364 g/mol. The van der Waals surface area contributed by atoms with Crippen molar-refractivity contribution in [3.63, 3.8) is 0 Å². The number of hydrogen-bond acceptors (Lipinski definition) is 4. The first kappa shape index (κ1) is 20.6. The van der Waals surface area contributed by atoms with Gasteiger partial charge in [-0.1, -0.05) is 54.1 Å². The Morgan fingerprint density at radius 3 is 1.60 bits per heavy atom. The van der Waals surface area contributed by atoms with Crippen molar-refractivity contribution >= 4 is 23.5 Å². The van der Waals surface area contributed by atoms with Gasteiger partial charge in [0.25, 0.3) is 0 Å². The van der Waals surface area contributed by atoms with Gasteiger partial charge in [-0.25, -0.2) is 0 Å². The zero-order valence-electron chi connectivity index (χ0n) is 13.5. The maximum atomic E-state index is 10.4. The number of nitrogens with two attached hydrogens (primary N) is 2. The molecule has 0 aromatic heterocycles. The van der Waals surface area contributed by atoms with Crippen molar-refractivity contribution in [2.24, 2.45) is 11.5 Å². The van der Waals surface area contributed by atoms with Gasteiger partial charge in [0, 0.05) is 5.02 Å². The fourth-order valence-corrected chi connectivity index (χ4v) is 2.04. The summed E-state index contributed by atoms with van der Waals surface area (Å²) in [5, 5.41) is 17.7. The first-order chi connectivity index (χ1) is 11.8. The lowest BCUT2D eigenvalue weighted by atomic mass is 10.1. The van der Waals surface area contributed by atoms with Gasteiger partial charge in [0.05, 0.1) is 0 Å². The van der Waals surface area contributed by atoms with Crippen LogP contribution < -0.4 is 11.5 Å². The number of benzene rings is 2. The van der Waals surface area contributed by atoms with Crippen LogP contribution in [0.25, 0.3) is 0 Å². The first-order valence-electron chi connectivity index (χ1n) is 7.54. The second-order valence-corrected chi connectivity index (χ2v) is 5.85. The number of carboxylic acid groups (broad SMARTS) is 2. The zero-order chi connectivity index (χ0) is 18.8. The summed E-state index contributed by atoms with van der Waals surface area (Å²) in [6, 6.07) is 14.7. The van der Waals surface area contributed by atoms with Crippen molar-refractivity contribution in [3.8, 4) is 0 Å². The van der Waals surface area contributed by atoms with Gasteiger partial charge in [-0.15, -0.1) is 0 Å². The maximum absolute atomic E-state index is 10.4. The number of carboxylic acids is 2. The van der Waals surface area contributed by atoms with E-state index in [1.807, 2.05) is 30.3 Å². The number of carbonyl (C=O) groups is 2. The Labute approximate surface area is 151 Å². The Bertz CT molecular complexity index is 677. The molecule has 2 aromatic rings. The second-order valence-electron chi connectivity index (χ2n) is 5.41. The first-order valence-corrected chi connectivity index (χ1v) is 7.92. The molecule has 0 bridgehead atoms. The minimum absolute atomic E-state index is 0.326. The largest absolute Gasteiger partial charge is 0.480 e. The van der Waals surface area contributed by atoms with E-state index in [4.69, 9.17) is 33.3 Å². The van der Waals surface area contributed by atoms with Crippen LogP contribution >= 0.6 is 11.6 Å². The lowest BCUT2D eigenvalue weighted by molar-refractivity contribution is -0.139. The quantitative estimate of drug-likeness (QED) is 0.620. The summed E-state index contributed by atoms with van der Waals surface area (Å²) in [7, 11) is 0. The van der Waals surface area contributed by atoms with Crippen molar-refractivity contribution in [1.29, 1.82) is 0 Å². The van der Waals surface area contributed by atoms with Crippen molar-refractivity contribution < 1.29 is 19.8 Å². The topological polar surface area (TPSA) is 127 Å². The third-order valence-corrected chi connectivity index (χ3v) is 3.55. The summed E-state index contributed by atoms with van der Waals surface area (Å²) in [4.78, 5) is 20.8. The van der Waals surface area contributed by atoms with Crippen molar-refractivity contribution in [2.45, 2.75) is 24.9 Å². The van der Waals surface area contributed by atoms with E-state index in [-0.39, 0.29) is 0 Å². The van der Waals surface area contributed by atoms with Gasteiger partial charge in [0.1, 0.15) is 12.1 Å². The Kier molecular flexibility index (Phi) is 8.63. The highest BCUT2D eigenvalue weighted by atomic mass is 35.5. The zero-order valence-corrected chi connectivity index (χ0v) is 14.3. The Morgan fingerprint density at radius 2 is 1.20 bits per heavy atom. The van der Waals surface area contributed by atoms with Crippen LogP contribution in [0.15, 0.2) is 54.6 Å². The van der Waals surface area contributed by atoms with Crippen LogP contribution in [-0.2, 0) is 22.4 Å². The van der Waals surface area contributed by atoms with Crippen LogP contribution in [-0.4, -0.2) is 34.2 Å². The van der Waals surface area contributed by atoms with E-state index in [9.17, 15) is 9.59 Å². The molecule has 6 N–H and O–H groups in total. The van der Waals surface area contributed by atoms with Gasteiger partial charge >= 0.3 is 11.9 Å². The fraction of sp³-hybridized carbons (Fsp3) is 0.222. The van der Waals surface area contributed by atoms with Gasteiger partial charge in [0.15, 0.2) is 0 Å². The molecule has 0 amide bonds. The number of halogens is 1. The number of rotatable bonds is 6. The molecule has 0 saturated heterocycles. The Morgan fingerprint density at radius 1 is 0.800 bits per heavy atom. The molecule has 2 atom stereocenters. The molecule has 0 heterocycles. The van der Waals surface area contributed by atoms with E-state index in [1.165, 1.54) is 0 Å². The minimum Gasteiger partial charge on any atom is -0.480 e. The molecule has 7 heteroatoms. The Hall–Kier alpha value is -2.41. The molecule has 0 saturated carbocycles. The molecular weight excluding hydrogens is 344 g/mol. The molecule has 0 spiro atoms. The van der Waals surface area contributed by atoms with Gasteiger partial charge in [-0.05, 0) is 36.1 Å². The SMILES string of the molecule is N[C@@H](Cc1ccc(Cl)cc1)C(=O)O.N[C@@H](Cc1ccccc1)C(=O)O. The number of hydrogen-bond donors (Lipinski definition) is 4. The summed E-state index contributed by atoms with van der Waals surface area (Å²) in [6.07, 6.45) is 0.711. The lowest BCUT2D eigenvalue weighted by Crippen LogP contribution is -2.32. The molecule has 0 fully saturated rings. The molecule has 0 unspecified atom stereocenters.